The molecule has 144 valence electrons. The molecule has 0 bridgehead atoms. The maximum absolute atomic E-state index is 13.7. The number of nitrogens with zero attached hydrogens (tertiary/aromatic N) is 3. The number of carboxylic acid groups (broad SMARTS) is 1. The first-order valence-corrected chi connectivity index (χ1v) is 8.06. The number of benzene rings is 1. The van der Waals surface area contributed by atoms with Crippen LogP contribution in [-0.2, 0) is 11.0 Å². The largest absolute Gasteiger partial charge is 0.481 e. The summed E-state index contributed by atoms with van der Waals surface area (Å²) >= 11 is 0. The summed E-state index contributed by atoms with van der Waals surface area (Å²) in [5.41, 5.74) is -2.02. The molecule has 1 saturated heterocycles. The van der Waals surface area contributed by atoms with Gasteiger partial charge in [-0.1, -0.05) is 0 Å². The fourth-order valence-electron chi connectivity index (χ4n) is 3.27. The molecule has 27 heavy (non-hydrogen) atoms. The Bertz CT molecular complexity index is 877. The van der Waals surface area contributed by atoms with Crippen molar-refractivity contribution in [2.45, 2.75) is 25.6 Å². The topological polar surface area (TPSA) is 75.4 Å². The van der Waals surface area contributed by atoms with Crippen LogP contribution in [0.1, 0.15) is 29.4 Å². The Morgan fingerprint density at radius 3 is 2.37 bits per heavy atom. The second-order valence-electron chi connectivity index (χ2n) is 6.27. The Balaban J connectivity index is 2.02. The minimum atomic E-state index is -4.90. The summed E-state index contributed by atoms with van der Waals surface area (Å²) in [5, 5.41) is 12.8. The molecule has 1 fully saturated rings. The number of likely N-dealkylation sites (tertiary alicyclic amines) is 1. The highest BCUT2D eigenvalue weighted by molar-refractivity contribution is 5.96. The molecule has 0 spiro atoms. The van der Waals surface area contributed by atoms with Crippen molar-refractivity contribution in [1.29, 1.82) is 0 Å². The molecule has 6 nitrogen and oxygen atoms in total. The van der Waals surface area contributed by atoms with E-state index in [2.05, 4.69) is 5.10 Å². The molecule has 1 amide bonds. The first-order chi connectivity index (χ1) is 12.6. The summed E-state index contributed by atoms with van der Waals surface area (Å²) in [4.78, 5) is 25.0. The number of carbonyl (C=O) groups is 2. The quantitative estimate of drug-likeness (QED) is 0.825. The van der Waals surface area contributed by atoms with Crippen LogP contribution in [0, 0.1) is 11.7 Å². The number of alkyl halides is 3. The van der Waals surface area contributed by atoms with Crippen molar-refractivity contribution in [2.24, 2.45) is 5.92 Å². The summed E-state index contributed by atoms with van der Waals surface area (Å²) in [6.07, 6.45) is -3.93. The lowest BCUT2D eigenvalue weighted by Gasteiger charge is -2.23. The first kappa shape index (κ1) is 18.9. The van der Waals surface area contributed by atoms with Gasteiger partial charge >= 0.3 is 12.1 Å². The van der Waals surface area contributed by atoms with Gasteiger partial charge in [-0.25, -0.2) is 9.07 Å². The molecule has 2 heterocycles. The van der Waals surface area contributed by atoms with Gasteiger partial charge in [0.1, 0.15) is 5.82 Å². The normalized spacial score (nSPS) is 20.1. The van der Waals surface area contributed by atoms with Gasteiger partial charge in [-0.2, -0.15) is 18.3 Å². The number of carboxylic acids is 1. The highest BCUT2D eigenvalue weighted by Gasteiger charge is 2.44. The number of carbonyl (C=O) groups excluding carboxylic acids is 1. The summed E-state index contributed by atoms with van der Waals surface area (Å²) in [6.45, 7) is 1.53. The molecule has 0 aliphatic carbocycles. The third-order valence-corrected chi connectivity index (χ3v) is 4.67. The minimum Gasteiger partial charge on any atom is -0.481 e. The molecule has 2 unspecified atom stereocenters. The number of hydrogen-bond donors (Lipinski definition) is 1. The van der Waals surface area contributed by atoms with E-state index in [1.54, 1.807) is 0 Å². The zero-order chi connectivity index (χ0) is 19.9. The van der Waals surface area contributed by atoms with Gasteiger partial charge in [0.25, 0.3) is 5.91 Å². The first-order valence-electron chi connectivity index (χ1n) is 8.06. The molecule has 0 saturated carbocycles. The highest BCUT2D eigenvalue weighted by atomic mass is 19.4. The molecule has 1 aliphatic rings. The van der Waals surface area contributed by atoms with E-state index in [-0.39, 0.29) is 18.7 Å². The lowest BCUT2D eigenvalue weighted by atomic mass is 10.0. The van der Waals surface area contributed by atoms with Crippen molar-refractivity contribution < 1.29 is 32.3 Å². The van der Waals surface area contributed by atoms with Crippen LogP contribution in [-0.4, -0.2) is 44.3 Å². The molecule has 3 rings (SSSR count). The van der Waals surface area contributed by atoms with E-state index >= 15 is 0 Å². The van der Waals surface area contributed by atoms with Gasteiger partial charge < -0.3 is 10.0 Å². The van der Waals surface area contributed by atoms with E-state index in [1.807, 2.05) is 0 Å². The standard InChI is InChI=1S/C17H15F4N3O3/c1-9-12(16(26)27)6-7-23(9)15(25)13-8-22-24(14(13)17(19,20)21)11-4-2-10(18)3-5-11/h2-5,8-9,12H,6-7H2,1H3,(H,26,27). The third kappa shape index (κ3) is 3.38. The molecule has 2 aromatic rings. The van der Waals surface area contributed by atoms with Gasteiger partial charge in [-0.15, -0.1) is 0 Å². The Labute approximate surface area is 151 Å². The van der Waals surface area contributed by atoms with Crippen LogP contribution in [0.2, 0.25) is 0 Å². The van der Waals surface area contributed by atoms with E-state index in [4.69, 9.17) is 5.11 Å². The molecule has 0 radical (unpaired) electrons. The van der Waals surface area contributed by atoms with Crippen LogP contribution in [0.25, 0.3) is 5.69 Å². The lowest BCUT2D eigenvalue weighted by molar-refractivity contribution is -0.144. The van der Waals surface area contributed by atoms with Crippen LogP contribution in [0.5, 0.6) is 0 Å². The lowest BCUT2D eigenvalue weighted by Crippen LogP contribution is -2.38. The Hall–Kier alpha value is -2.91. The van der Waals surface area contributed by atoms with E-state index in [0.717, 1.165) is 35.4 Å². The molecule has 1 N–H and O–H groups in total. The number of amides is 1. The van der Waals surface area contributed by atoms with Crippen molar-refractivity contribution in [1.82, 2.24) is 14.7 Å². The van der Waals surface area contributed by atoms with Gasteiger partial charge in [0, 0.05) is 12.6 Å². The van der Waals surface area contributed by atoms with Gasteiger partial charge in [-0.3, -0.25) is 9.59 Å². The van der Waals surface area contributed by atoms with E-state index in [1.165, 1.54) is 6.92 Å². The number of aromatic nitrogens is 2. The molecular formula is C17H15F4N3O3. The van der Waals surface area contributed by atoms with Crippen LogP contribution in [0.15, 0.2) is 30.5 Å². The average Bonchev–Trinajstić information content (AvgIpc) is 3.18. The number of halogens is 4. The second kappa shape index (κ2) is 6.67. The second-order valence-corrected chi connectivity index (χ2v) is 6.27. The van der Waals surface area contributed by atoms with Gasteiger partial charge in [0.15, 0.2) is 5.69 Å². The predicted octanol–water partition coefficient (Wildman–Crippen LogP) is 2.97. The molecule has 1 aliphatic heterocycles. The van der Waals surface area contributed by atoms with Gasteiger partial charge in [0.2, 0.25) is 0 Å². The maximum Gasteiger partial charge on any atom is 0.434 e. The summed E-state index contributed by atoms with van der Waals surface area (Å²) < 4.78 is 54.6. The van der Waals surface area contributed by atoms with Crippen LogP contribution in [0.4, 0.5) is 17.6 Å². The zero-order valence-corrected chi connectivity index (χ0v) is 14.1. The number of aliphatic carboxylic acids is 1. The van der Waals surface area contributed by atoms with Crippen molar-refractivity contribution >= 4 is 11.9 Å². The molecular weight excluding hydrogens is 370 g/mol. The Morgan fingerprint density at radius 2 is 1.85 bits per heavy atom. The minimum absolute atomic E-state index is 0.0377. The van der Waals surface area contributed by atoms with Crippen molar-refractivity contribution in [2.75, 3.05) is 6.54 Å². The Kier molecular flexibility index (Phi) is 4.66. The van der Waals surface area contributed by atoms with Gasteiger partial charge in [0.05, 0.1) is 23.4 Å². The van der Waals surface area contributed by atoms with E-state index < -0.39 is 47.1 Å². The summed E-state index contributed by atoms with van der Waals surface area (Å²) in [5.74, 6) is -3.50. The third-order valence-electron chi connectivity index (χ3n) is 4.67. The maximum atomic E-state index is 13.7. The smallest absolute Gasteiger partial charge is 0.434 e. The SMILES string of the molecule is CC1C(C(=O)O)CCN1C(=O)c1cnn(-c2ccc(F)cc2)c1C(F)(F)F. The van der Waals surface area contributed by atoms with Crippen LogP contribution in [0.3, 0.4) is 0 Å². The van der Waals surface area contributed by atoms with Gasteiger partial charge in [-0.05, 0) is 37.6 Å². The van der Waals surface area contributed by atoms with Crippen LogP contribution < -0.4 is 0 Å². The molecule has 2 atom stereocenters. The number of hydrogen-bond acceptors (Lipinski definition) is 3. The van der Waals surface area contributed by atoms with Crippen molar-refractivity contribution in [3.63, 3.8) is 0 Å². The Morgan fingerprint density at radius 1 is 1.22 bits per heavy atom. The van der Waals surface area contributed by atoms with Crippen molar-refractivity contribution in [3.8, 4) is 5.69 Å². The van der Waals surface area contributed by atoms with E-state index in [9.17, 15) is 27.2 Å². The molecule has 1 aromatic carbocycles. The van der Waals surface area contributed by atoms with Crippen molar-refractivity contribution in [3.05, 3.63) is 47.5 Å². The summed E-state index contributed by atoms with van der Waals surface area (Å²) in [7, 11) is 0. The fraction of sp³-hybridized carbons (Fsp3) is 0.353. The number of rotatable bonds is 3. The molecule has 10 heteroatoms. The van der Waals surface area contributed by atoms with Crippen LogP contribution >= 0.6 is 0 Å². The van der Waals surface area contributed by atoms with E-state index in [0.29, 0.717) is 4.68 Å². The predicted molar refractivity (Wildman–Crippen MR) is 84.8 cm³/mol. The fourth-order valence-corrected chi connectivity index (χ4v) is 3.27. The monoisotopic (exact) mass is 385 g/mol. The average molecular weight is 385 g/mol. The highest BCUT2D eigenvalue weighted by Crippen LogP contribution is 2.35. The molecule has 1 aromatic heterocycles. The zero-order valence-electron chi connectivity index (χ0n) is 14.1. The summed E-state index contributed by atoms with van der Waals surface area (Å²) in [6, 6.07) is 3.46.